The fraction of sp³-hybridized carbons (Fsp3) is 0.846. The fourth-order valence-electron chi connectivity index (χ4n) is 3.15. The molecule has 2 rings (SSSR count). The first kappa shape index (κ1) is 13.7. The van der Waals surface area contributed by atoms with Crippen molar-refractivity contribution >= 4 is 23.6 Å². The number of hydrogen-bond acceptors (Lipinski definition) is 3. The van der Waals surface area contributed by atoms with E-state index in [2.05, 4.69) is 0 Å². The third-order valence-corrected chi connectivity index (χ3v) is 5.39. The second-order valence-electron chi connectivity index (χ2n) is 5.18. The highest BCUT2D eigenvalue weighted by Crippen LogP contribution is 2.37. The molecule has 1 amide bonds. The molecule has 0 aromatic heterocycles. The number of rotatable bonds is 4. The van der Waals surface area contributed by atoms with E-state index in [1.165, 1.54) is 0 Å². The number of amides is 1. The quantitative estimate of drug-likeness (QED) is 0.851. The van der Waals surface area contributed by atoms with Gasteiger partial charge in [0.25, 0.3) is 0 Å². The van der Waals surface area contributed by atoms with Gasteiger partial charge in [-0.1, -0.05) is 13.3 Å². The lowest BCUT2D eigenvalue weighted by Gasteiger charge is -2.36. The number of likely N-dealkylation sites (tertiary alicyclic amines) is 1. The molecule has 0 saturated carbocycles. The molecule has 2 aliphatic rings. The van der Waals surface area contributed by atoms with Crippen LogP contribution in [0.5, 0.6) is 0 Å². The summed E-state index contributed by atoms with van der Waals surface area (Å²) in [6.07, 6.45) is 4.78. The van der Waals surface area contributed by atoms with E-state index in [0.29, 0.717) is 19.4 Å². The summed E-state index contributed by atoms with van der Waals surface area (Å²) in [4.78, 5) is 25.8. The van der Waals surface area contributed by atoms with Gasteiger partial charge in [-0.2, -0.15) is 0 Å². The van der Waals surface area contributed by atoms with Gasteiger partial charge in [-0.3, -0.25) is 4.79 Å². The lowest BCUT2D eigenvalue weighted by Crippen LogP contribution is -2.55. The van der Waals surface area contributed by atoms with Gasteiger partial charge in [0.15, 0.2) is 0 Å². The molecule has 0 spiro atoms. The molecule has 2 unspecified atom stereocenters. The number of carbonyl (C=O) groups excluding carboxylic acids is 1. The van der Waals surface area contributed by atoms with Crippen molar-refractivity contribution in [3.05, 3.63) is 0 Å². The Morgan fingerprint density at radius 2 is 2.22 bits per heavy atom. The van der Waals surface area contributed by atoms with Gasteiger partial charge in [0.2, 0.25) is 5.91 Å². The van der Waals surface area contributed by atoms with Gasteiger partial charge in [0, 0.05) is 6.54 Å². The zero-order chi connectivity index (χ0) is 13.2. The van der Waals surface area contributed by atoms with Crippen LogP contribution in [0.3, 0.4) is 0 Å². The summed E-state index contributed by atoms with van der Waals surface area (Å²) >= 11 is 1.68. The van der Waals surface area contributed by atoms with E-state index in [0.717, 1.165) is 31.4 Å². The largest absolute Gasteiger partial charge is 0.479 e. The molecule has 5 heteroatoms. The number of carboxylic acids is 1. The first-order valence-corrected chi connectivity index (χ1v) is 7.83. The molecule has 18 heavy (non-hydrogen) atoms. The van der Waals surface area contributed by atoms with Gasteiger partial charge < -0.3 is 10.0 Å². The Bertz CT molecular complexity index is 341. The Morgan fingerprint density at radius 3 is 2.78 bits per heavy atom. The van der Waals surface area contributed by atoms with Gasteiger partial charge >= 0.3 is 5.97 Å². The molecule has 0 aliphatic carbocycles. The lowest BCUT2D eigenvalue weighted by molar-refractivity contribution is -0.157. The number of hydrogen-bond donors (Lipinski definition) is 1. The number of carbonyl (C=O) groups is 2. The van der Waals surface area contributed by atoms with Crippen molar-refractivity contribution in [1.29, 1.82) is 0 Å². The number of aliphatic carboxylic acids is 1. The topological polar surface area (TPSA) is 57.6 Å². The predicted molar refractivity (Wildman–Crippen MR) is 71.7 cm³/mol. The number of carboxylic acid groups (broad SMARTS) is 1. The average Bonchev–Trinajstić information content (AvgIpc) is 2.98. The molecule has 2 atom stereocenters. The van der Waals surface area contributed by atoms with E-state index in [-0.39, 0.29) is 11.2 Å². The SMILES string of the molecule is CCCC1(C(=O)O)CCCN1C(=O)C1CCCS1. The van der Waals surface area contributed by atoms with Gasteiger partial charge in [-0.25, -0.2) is 4.79 Å². The summed E-state index contributed by atoms with van der Waals surface area (Å²) in [6.45, 7) is 2.60. The molecule has 2 heterocycles. The Morgan fingerprint density at radius 1 is 1.44 bits per heavy atom. The monoisotopic (exact) mass is 271 g/mol. The van der Waals surface area contributed by atoms with Crippen LogP contribution >= 0.6 is 11.8 Å². The molecule has 102 valence electrons. The molecule has 0 aromatic rings. The molecule has 0 radical (unpaired) electrons. The lowest BCUT2D eigenvalue weighted by atomic mass is 9.90. The van der Waals surface area contributed by atoms with Crippen molar-refractivity contribution in [2.45, 2.75) is 56.2 Å². The summed E-state index contributed by atoms with van der Waals surface area (Å²) in [6, 6.07) is 0. The number of thioether (sulfide) groups is 1. The molecule has 2 fully saturated rings. The van der Waals surface area contributed by atoms with Crippen molar-refractivity contribution in [2.75, 3.05) is 12.3 Å². The average molecular weight is 271 g/mol. The maximum absolute atomic E-state index is 12.5. The van der Waals surface area contributed by atoms with Crippen LogP contribution in [-0.4, -0.2) is 45.0 Å². The van der Waals surface area contributed by atoms with E-state index in [1.807, 2.05) is 6.92 Å². The van der Waals surface area contributed by atoms with Crippen LogP contribution in [0.25, 0.3) is 0 Å². The molecule has 2 saturated heterocycles. The first-order valence-electron chi connectivity index (χ1n) is 6.78. The van der Waals surface area contributed by atoms with Crippen LogP contribution in [-0.2, 0) is 9.59 Å². The Balaban J connectivity index is 2.18. The van der Waals surface area contributed by atoms with Crippen molar-refractivity contribution in [3.8, 4) is 0 Å². The Hall–Kier alpha value is -0.710. The van der Waals surface area contributed by atoms with Gasteiger partial charge in [-0.05, 0) is 37.9 Å². The smallest absolute Gasteiger partial charge is 0.329 e. The second-order valence-corrected chi connectivity index (χ2v) is 6.49. The van der Waals surface area contributed by atoms with Gasteiger partial charge in [-0.15, -0.1) is 11.8 Å². The zero-order valence-corrected chi connectivity index (χ0v) is 11.7. The van der Waals surface area contributed by atoms with E-state index < -0.39 is 11.5 Å². The minimum Gasteiger partial charge on any atom is -0.479 e. The summed E-state index contributed by atoms with van der Waals surface area (Å²) < 4.78 is 0. The van der Waals surface area contributed by atoms with Crippen molar-refractivity contribution in [3.63, 3.8) is 0 Å². The highest BCUT2D eigenvalue weighted by atomic mass is 32.2. The van der Waals surface area contributed by atoms with Crippen LogP contribution in [0.1, 0.15) is 45.4 Å². The third-order valence-electron chi connectivity index (χ3n) is 4.02. The predicted octanol–water partition coefficient (Wildman–Crippen LogP) is 2.13. The molecule has 1 N–H and O–H groups in total. The number of nitrogens with zero attached hydrogens (tertiary/aromatic N) is 1. The minimum atomic E-state index is -0.922. The highest BCUT2D eigenvalue weighted by Gasteiger charge is 2.50. The Kier molecular flexibility index (Phi) is 4.20. The van der Waals surface area contributed by atoms with Gasteiger partial charge in [0.05, 0.1) is 5.25 Å². The van der Waals surface area contributed by atoms with Crippen LogP contribution in [0, 0.1) is 0 Å². The summed E-state index contributed by atoms with van der Waals surface area (Å²) in [5.41, 5.74) is -0.922. The standard InChI is InChI=1S/C13H21NO3S/c1-2-6-13(12(16)17)7-4-8-14(13)11(15)10-5-3-9-18-10/h10H,2-9H2,1H3,(H,16,17). The normalized spacial score (nSPS) is 31.8. The molecule has 0 aromatic carbocycles. The summed E-state index contributed by atoms with van der Waals surface area (Å²) in [5.74, 6) is 0.266. The molecular weight excluding hydrogens is 250 g/mol. The fourth-order valence-corrected chi connectivity index (χ4v) is 4.37. The van der Waals surface area contributed by atoms with Crippen molar-refractivity contribution in [1.82, 2.24) is 4.90 Å². The first-order chi connectivity index (χ1) is 8.62. The van der Waals surface area contributed by atoms with E-state index >= 15 is 0 Å². The molecule has 4 nitrogen and oxygen atoms in total. The van der Waals surface area contributed by atoms with E-state index in [9.17, 15) is 14.7 Å². The minimum absolute atomic E-state index is 0.00122. The second kappa shape index (κ2) is 5.51. The van der Waals surface area contributed by atoms with Gasteiger partial charge in [0.1, 0.15) is 5.54 Å². The van der Waals surface area contributed by atoms with E-state index in [4.69, 9.17) is 0 Å². The van der Waals surface area contributed by atoms with Crippen molar-refractivity contribution in [2.24, 2.45) is 0 Å². The van der Waals surface area contributed by atoms with Crippen molar-refractivity contribution < 1.29 is 14.7 Å². The summed E-state index contributed by atoms with van der Waals surface area (Å²) in [7, 11) is 0. The molecule has 0 bridgehead atoms. The van der Waals surface area contributed by atoms with Crippen LogP contribution in [0.2, 0.25) is 0 Å². The molecular formula is C13H21NO3S. The third kappa shape index (κ3) is 2.25. The Labute approximate surface area is 112 Å². The summed E-state index contributed by atoms with van der Waals surface area (Å²) in [5, 5.41) is 9.56. The zero-order valence-electron chi connectivity index (χ0n) is 10.9. The highest BCUT2D eigenvalue weighted by molar-refractivity contribution is 8.00. The maximum Gasteiger partial charge on any atom is 0.329 e. The molecule has 2 aliphatic heterocycles. The van der Waals surface area contributed by atoms with E-state index in [1.54, 1.807) is 16.7 Å². The van der Waals surface area contributed by atoms with Crippen LogP contribution < -0.4 is 0 Å². The van der Waals surface area contributed by atoms with Crippen LogP contribution in [0.4, 0.5) is 0 Å². The maximum atomic E-state index is 12.5. The van der Waals surface area contributed by atoms with Crippen LogP contribution in [0.15, 0.2) is 0 Å².